The fourth-order valence-electron chi connectivity index (χ4n) is 7.66. The predicted octanol–water partition coefficient (Wildman–Crippen LogP) is 8.51. The van der Waals surface area contributed by atoms with Gasteiger partial charge in [-0.05, 0) is 87.8 Å². The zero-order chi connectivity index (χ0) is 43.5. The van der Waals surface area contributed by atoms with Gasteiger partial charge in [-0.1, -0.05) is 74.4 Å². The highest BCUT2D eigenvalue weighted by Crippen LogP contribution is 2.51. The Labute approximate surface area is 356 Å². The summed E-state index contributed by atoms with van der Waals surface area (Å²) in [6.07, 6.45) is 0.0826. The minimum atomic E-state index is -2.45. The molecule has 1 aromatic heterocycles. The van der Waals surface area contributed by atoms with Gasteiger partial charge in [-0.25, -0.2) is 9.46 Å². The van der Waals surface area contributed by atoms with E-state index in [9.17, 15) is 14.9 Å². The standard InChI is InChI=1S/C45H61N4O9PSi/c1-10-11-30-60(8,9)58-42-41(57-59(55-29-15-27-46)49(32(2)3)33(4)5)39(56-43(42)48-28-26-40(50)47-44(48)51)31-54-45(34-16-13-12-14-17-34,35-18-22-37(52-6)23-19-35)36-20-24-38(53-7)25-21-36/h12-14,16-26,28,32-33,39,41-43H,10-11,15,29-31H2,1-9H3,(H,47,50,51)/t39-,41-,42-,43-,59?/m1/s1. The number of ether oxygens (including phenoxy) is 4. The number of benzene rings is 3. The number of aromatic nitrogens is 2. The van der Waals surface area contributed by atoms with E-state index in [-0.39, 0.29) is 31.7 Å². The van der Waals surface area contributed by atoms with Crippen LogP contribution in [0, 0.1) is 11.3 Å². The van der Waals surface area contributed by atoms with E-state index in [0.717, 1.165) is 35.6 Å². The van der Waals surface area contributed by atoms with Gasteiger partial charge in [-0.15, -0.1) is 0 Å². The van der Waals surface area contributed by atoms with Gasteiger partial charge in [-0.2, -0.15) is 5.26 Å². The molecule has 0 spiro atoms. The van der Waals surface area contributed by atoms with Crippen LogP contribution in [0.3, 0.4) is 0 Å². The van der Waals surface area contributed by atoms with Crippen molar-refractivity contribution in [2.75, 3.05) is 27.4 Å². The molecular weight excluding hydrogens is 800 g/mol. The van der Waals surface area contributed by atoms with Gasteiger partial charge in [0, 0.05) is 24.3 Å². The minimum Gasteiger partial charge on any atom is -0.497 e. The van der Waals surface area contributed by atoms with Gasteiger partial charge in [0.1, 0.15) is 35.4 Å². The molecule has 5 atom stereocenters. The Balaban J connectivity index is 1.71. The van der Waals surface area contributed by atoms with Gasteiger partial charge >= 0.3 is 5.69 Å². The highest BCUT2D eigenvalue weighted by atomic mass is 31.2. The topological polar surface area (TPSA) is 146 Å². The molecule has 1 N–H and O–H groups in total. The van der Waals surface area contributed by atoms with Crippen molar-refractivity contribution in [1.82, 2.24) is 14.2 Å². The number of hydrogen-bond donors (Lipinski definition) is 1. The van der Waals surface area contributed by atoms with Crippen molar-refractivity contribution in [3.05, 3.63) is 129 Å². The molecule has 1 aliphatic heterocycles. The summed E-state index contributed by atoms with van der Waals surface area (Å²) in [4.78, 5) is 28.4. The average Bonchev–Trinajstić information content (AvgIpc) is 3.55. The third-order valence-electron chi connectivity index (χ3n) is 10.5. The fraction of sp³-hybridized carbons (Fsp3) is 0.489. The molecule has 324 valence electrons. The van der Waals surface area contributed by atoms with Crippen LogP contribution in [0.5, 0.6) is 11.5 Å². The first kappa shape index (κ1) is 46.9. The van der Waals surface area contributed by atoms with Crippen molar-refractivity contribution in [1.29, 1.82) is 5.26 Å². The molecule has 1 fully saturated rings. The molecular formula is C45H61N4O9PSi. The number of nitrogens with one attached hydrogen (secondary N) is 1. The van der Waals surface area contributed by atoms with Crippen LogP contribution >= 0.6 is 8.53 Å². The second-order valence-corrected chi connectivity index (χ2v) is 21.6. The lowest BCUT2D eigenvalue weighted by molar-refractivity contribution is -0.0943. The number of rotatable bonds is 22. The van der Waals surface area contributed by atoms with Crippen LogP contribution in [0.15, 0.2) is 101 Å². The Kier molecular flexibility index (Phi) is 16.9. The van der Waals surface area contributed by atoms with E-state index in [2.05, 4.69) is 63.4 Å². The highest BCUT2D eigenvalue weighted by molar-refractivity contribution is 7.44. The maximum Gasteiger partial charge on any atom is 0.330 e. The summed E-state index contributed by atoms with van der Waals surface area (Å²) >= 11 is 0. The summed E-state index contributed by atoms with van der Waals surface area (Å²) in [7, 11) is -1.00. The van der Waals surface area contributed by atoms with E-state index >= 15 is 0 Å². The summed E-state index contributed by atoms with van der Waals surface area (Å²) < 4.78 is 49.9. The minimum absolute atomic E-state index is 0.0125. The van der Waals surface area contributed by atoms with Crippen LogP contribution in [0.2, 0.25) is 19.1 Å². The summed E-state index contributed by atoms with van der Waals surface area (Å²) in [6.45, 7) is 14.9. The van der Waals surface area contributed by atoms with Crippen LogP contribution in [0.4, 0.5) is 0 Å². The Morgan fingerprint density at radius 2 is 1.47 bits per heavy atom. The molecule has 0 radical (unpaired) electrons. The Hall–Kier alpha value is -4.16. The molecule has 3 aromatic carbocycles. The SMILES string of the molecule is CCCC[Si](C)(C)O[C@@H]1[C@H](OP(OCCC#N)N(C(C)C)C(C)C)[C@@H](COC(c2ccccc2)(c2ccc(OC)cc2)c2ccc(OC)cc2)O[C@H]1n1ccc(=O)[nH]c1=O. The molecule has 2 heterocycles. The van der Waals surface area contributed by atoms with Gasteiger partial charge < -0.3 is 32.4 Å². The van der Waals surface area contributed by atoms with Crippen molar-refractivity contribution < 1.29 is 32.4 Å². The molecule has 1 unspecified atom stereocenters. The third kappa shape index (κ3) is 11.2. The van der Waals surface area contributed by atoms with Gasteiger partial charge in [0.05, 0.1) is 39.9 Å². The second-order valence-electron chi connectivity index (χ2n) is 16.0. The van der Waals surface area contributed by atoms with Gasteiger partial charge in [0.25, 0.3) is 14.1 Å². The summed E-state index contributed by atoms with van der Waals surface area (Å²) in [5.41, 5.74) is 0.167. The molecule has 1 saturated heterocycles. The van der Waals surface area contributed by atoms with Crippen LogP contribution < -0.4 is 20.7 Å². The number of nitrogens with zero attached hydrogens (tertiary/aromatic N) is 3. The number of H-pyrrole nitrogens is 1. The largest absolute Gasteiger partial charge is 0.497 e. The van der Waals surface area contributed by atoms with Crippen LogP contribution in [-0.4, -0.2) is 80.4 Å². The zero-order valence-electron chi connectivity index (χ0n) is 36.3. The molecule has 15 heteroatoms. The molecule has 5 rings (SSSR count). The van der Waals surface area contributed by atoms with E-state index in [0.29, 0.717) is 11.5 Å². The first-order chi connectivity index (χ1) is 28.8. The lowest BCUT2D eigenvalue weighted by atomic mass is 9.80. The summed E-state index contributed by atoms with van der Waals surface area (Å²) in [5, 5.41) is 9.50. The maximum absolute atomic E-state index is 13.6. The molecule has 60 heavy (non-hydrogen) atoms. The van der Waals surface area contributed by atoms with Gasteiger partial charge in [0.15, 0.2) is 14.5 Å². The summed E-state index contributed by atoms with van der Waals surface area (Å²) in [6, 6.07) is 29.9. The average molecular weight is 861 g/mol. The van der Waals surface area contributed by atoms with Crippen LogP contribution in [0.1, 0.15) is 76.8 Å². The molecule has 0 bridgehead atoms. The number of aromatic amines is 1. The molecule has 13 nitrogen and oxygen atoms in total. The Morgan fingerprint density at radius 1 is 0.883 bits per heavy atom. The lowest BCUT2D eigenvalue weighted by Gasteiger charge is -2.40. The second kappa shape index (κ2) is 21.6. The molecule has 0 saturated carbocycles. The van der Waals surface area contributed by atoms with E-state index in [1.807, 2.05) is 78.9 Å². The number of unbranched alkanes of at least 4 members (excludes halogenated alkanes) is 1. The van der Waals surface area contributed by atoms with E-state index < -0.39 is 58.2 Å². The van der Waals surface area contributed by atoms with Gasteiger partial charge in [0.2, 0.25) is 0 Å². The fourth-order valence-corrected chi connectivity index (χ4v) is 11.7. The molecule has 0 aliphatic carbocycles. The maximum atomic E-state index is 13.6. The summed E-state index contributed by atoms with van der Waals surface area (Å²) in [5.74, 6) is 1.38. The Bertz CT molecular complexity index is 2040. The van der Waals surface area contributed by atoms with Crippen molar-refractivity contribution in [3.63, 3.8) is 0 Å². The molecule has 4 aromatic rings. The highest BCUT2D eigenvalue weighted by Gasteiger charge is 2.53. The monoisotopic (exact) mass is 860 g/mol. The smallest absolute Gasteiger partial charge is 0.330 e. The number of nitriles is 1. The first-order valence-corrected chi connectivity index (χ1v) is 24.9. The zero-order valence-corrected chi connectivity index (χ0v) is 38.2. The lowest BCUT2D eigenvalue weighted by Crippen LogP contribution is -2.47. The third-order valence-corrected chi connectivity index (χ3v) is 15.1. The predicted molar refractivity (Wildman–Crippen MR) is 236 cm³/mol. The first-order valence-electron chi connectivity index (χ1n) is 20.7. The van der Waals surface area contributed by atoms with Gasteiger partial charge in [-0.3, -0.25) is 14.3 Å². The number of methoxy groups -OCH3 is 2. The van der Waals surface area contributed by atoms with E-state index in [4.69, 9.17) is 32.4 Å². The van der Waals surface area contributed by atoms with Crippen molar-refractivity contribution in [2.24, 2.45) is 0 Å². The van der Waals surface area contributed by atoms with Crippen molar-refractivity contribution >= 4 is 16.8 Å². The quantitative estimate of drug-likeness (QED) is 0.0351. The Morgan fingerprint density at radius 3 is 1.98 bits per heavy atom. The van der Waals surface area contributed by atoms with Crippen LogP contribution in [-0.2, 0) is 28.5 Å². The van der Waals surface area contributed by atoms with Crippen LogP contribution in [0.25, 0.3) is 0 Å². The van der Waals surface area contributed by atoms with E-state index in [1.165, 1.54) is 16.8 Å². The molecule has 1 aliphatic rings. The van der Waals surface area contributed by atoms with Crippen molar-refractivity contribution in [3.8, 4) is 17.6 Å². The number of hydrogen-bond acceptors (Lipinski definition) is 11. The molecule has 0 amide bonds. The van der Waals surface area contributed by atoms with E-state index in [1.54, 1.807) is 14.2 Å². The van der Waals surface area contributed by atoms with Crippen molar-refractivity contribution in [2.45, 2.75) is 115 Å². The normalized spacial score (nSPS) is 18.9.